The topological polar surface area (TPSA) is 107 Å². The van der Waals surface area contributed by atoms with Crippen LogP contribution < -0.4 is 9.80 Å². The van der Waals surface area contributed by atoms with Crippen molar-refractivity contribution in [1.82, 2.24) is 14.3 Å². The summed E-state index contributed by atoms with van der Waals surface area (Å²) in [6, 6.07) is 0. The fourth-order valence-electron chi connectivity index (χ4n) is 3.31. The summed E-state index contributed by atoms with van der Waals surface area (Å²) in [7, 11) is 0.799. The third-order valence-corrected chi connectivity index (χ3v) is 6.10. The van der Waals surface area contributed by atoms with Crippen molar-refractivity contribution >= 4 is 27.8 Å². The second-order valence-corrected chi connectivity index (χ2v) is 9.31. The van der Waals surface area contributed by atoms with E-state index in [2.05, 4.69) is 4.90 Å². The van der Waals surface area contributed by atoms with Crippen LogP contribution in [0.15, 0.2) is 0 Å². The van der Waals surface area contributed by atoms with Crippen molar-refractivity contribution in [3.05, 3.63) is 11.3 Å². The minimum Gasteiger partial charge on any atom is -0.475 e. The maximum absolute atomic E-state index is 11.9. The average Bonchev–Trinajstić information content (AvgIpc) is 3.06. The van der Waals surface area contributed by atoms with Gasteiger partial charge in [0.2, 0.25) is 16.0 Å². The van der Waals surface area contributed by atoms with E-state index in [4.69, 9.17) is 19.9 Å². The number of carbonyl (C=O) groups is 1. The Kier molecular flexibility index (Phi) is 7.50. The van der Waals surface area contributed by atoms with Crippen LogP contribution in [0.2, 0.25) is 0 Å². The van der Waals surface area contributed by atoms with Crippen LogP contribution in [0.25, 0.3) is 0 Å². The number of alkyl halides is 3. The summed E-state index contributed by atoms with van der Waals surface area (Å²) in [5.74, 6) is -1.04. The van der Waals surface area contributed by atoms with Crippen LogP contribution in [0, 0.1) is 0 Å². The number of hydrogen-bond acceptors (Lipinski definition) is 7. The molecule has 1 fully saturated rings. The number of aromatic nitrogens is 2. The van der Waals surface area contributed by atoms with Crippen LogP contribution in [0.4, 0.5) is 24.9 Å². The smallest absolute Gasteiger partial charge is 0.475 e. The zero-order chi connectivity index (χ0) is 22.7. The molecule has 0 atom stereocenters. The molecular formula is C17H26F3N5O4S. The van der Waals surface area contributed by atoms with Crippen LogP contribution in [-0.4, -0.2) is 86.5 Å². The third-order valence-electron chi connectivity index (χ3n) is 4.79. The van der Waals surface area contributed by atoms with Crippen LogP contribution in [0.1, 0.15) is 24.1 Å². The molecule has 0 aliphatic carbocycles. The Balaban J connectivity index is 0.000000396. The number of nitrogens with zero attached hydrogens (tertiary/aromatic N) is 5. The van der Waals surface area contributed by atoms with E-state index < -0.39 is 22.2 Å². The number of sulfonamides is 1. The lowest BCUT2D eigenvalue weighted by atomic mass is 10.1. The minimum atomic E-state index is -5.08. The summed E-state index contributed by atoms with van der Waals surface area (Å²) in [6.07, 6.45) is -0.140. The van der Waals surface area contributed by atoms with Crippen molar-refractivity contribution in [3.8, 4) is 0 Å². The van der Waals surface area contributed by atoms with E-state index in [1.165, 1.54) is 19.1 Å². The fraction of sp³-hybridized carbons (Fsp3) is 0.706. The van der Waals surface area contributed by atoms with Crippen molar-refractivity contribution in [1.29, 1.82) is 0 Å². The number of halogens is 3. The quantitative estimate of drug-likeness (QED) is 0.726. The van der Waals surface area contributed by atoms with Gasteiger partial charge in [-0.3, -0.25) is 0 Å². The second-order valence-electron chi connectivity index (χ2n) is 7.33. The molecule has 170 valence electrons. The molecule has 0 aromatic carbocycles. The predicted molar refractivity (Wildman–Crippen MR) is 105 cm³/mol. The Bertz CT molecular complexity index is 871. The Morgan fingerprint density at radius 2 is 1.60 bits per heavy atom. The van der Waals surface area contributed by atoms with Gasteiger partial charge in [-0.05, 0) is 19.3 Å². The number of hydrogen-bond donors (Lipinski definition) is 1. The molecule has 1 aromatic heterocycles. The Morgan fingerprint density at radius 1 is 1.07 bits per heavy atom. The summed E-state index contributed by atoms with van der Waals surface area (Å²) in [5, 5.41) is 7.12. The SMILES string of the molecule is CN(C)c1nc(N2CCCC2)nc2c1CCN(S(C)(=O)=O)CC2.O=C(O)C(F)(F)F. The van der Waals surface area contributed by atoms with E-state index in [9.17, 15) is 21.6 Å². The van der Waals surface area contributed by atoms with Crippen LogP contribution in [0.5, 0.6) is 0 Å². The summed E-state index contributed by atoms with van der Waals surface area (Å²) < 4.78 is 57.0. The summed E-state index contributed by atoms with van der Waals surface area (Å²) in [5.41, 5.74) is 2.08. The first-order valence-electron chi connectivity index (χ1n) is 9.38. The van der Waals surface area contributed by atoms with E-state index in [-0.39, 0.29) is 0 Å². The highest BCUT2D eigenvalue weighted by molar-refractivity contribution is 7.88. The molecule has 30 heavy (non-hydrogen) atoms. The summed E-state index contributed by atoms with van der Waals surface area (Å²) in [6.45, 7) is 3.00. The van der Waals surface area contributed by atoms with Gasteiger partial charge in [0, 0.05) is 52.3 Å². The molecule has 1 N–H and O–H groups in total. The van der Waals surface area contributed by atoms with Gasteiger partial charge < -0.3 is 14.9 Å². The zero-order valence-electron chi connectivity index (χ0n) is 17.1. The van der Waals surface area contributed by atoms with Gasteiger partial charge in [-0.25, -0.2) is 22.5 Å². The number of aliphatic carboxylic acids is 1. The number of carboxylic acid groups (broad SMARTS) is 1. The molecule has 3 heterocycles. The normalized spacial score (nSPS) is 17.6. The van der Waals surface area contributed by atoms with Crippen molar-refractivity contribution < 1.29 is 31.5 Å². The first-order chi connectivity index (χ1) is 13.8. The van der Waals surface area contributed by atoms with Gasteiger partial charge in [0.25, 0.3) is 0 Å². The van der Waals surface area contributed by atoms with E-state index >= 15 is 0 Å². The first kappa shape index (κ1) is 24.1. The summed E-state index contributed by atoms with van der Waals surface area (Å²) in [4.78, 5) is 22.7. The molecule has 0 saturated carbocycles. The lowest BCUT2D eigenvalue weighted by molar-refractivity contribution is -0.192. The predicted octanol–water partition coefficient (Wildman–Crippen LogP) is 1.14. The molecule has 0 unspecified atom stereocenters. The molecule has 2 aliphatic heterocycles. The number of carboxylic acids is 1. The fourth-order valence-corrected chi connectivity index (χ4v) is 4.15. The Hall–Kier alpha value is -2.15. The van der Waals surface area contributed by atoms with Crippen LogP contribution in [0.3, 0.4) is 0 Å². The summed E-state index contributed by atoms with van der Waals surface area (Å²) >= 11 is 0. The van der Waals surface area contributed by atoms with Gasteiger partial charge in [0.05, 0.1) is 11.9 Å². The van der Waals surface area contributed by atoms with E-state index in [0.29, 0.717) is 25.9 Å². The maximum Gasteiger partial charge on any atom is 0.490 e. The minimum absolute atomic E-state index is 0.495. The van der Waals surface area contributed by atoms with Crippen LogP contribution in [-0.2, 0) is 27.7 Å². The molecule has 0 radical (unpaired) electrons. The standard InChI is InChI=1S/C15H25N5O2S.C2HF3O2/c1-18(2)14-12-6-10-20(23(3,21)22)11-7-13(12)16-15(17-14)19-8-4-5-9-19;3-2(4,5)1(6)7/h4-11H2,1-3H3;(H,6,7). The molecule has 2 aliphatic rings. The van der Waals surface area contributed by atoms with Crippen molar-refractivity contribution in [2.24, 2.45) is 0 Å². The van der Waals surface area contributed by atoms with Crippen LogP contribution >= 0.6 is 0 Å². The van der Waals surface area contributed by atoms with Crippen molar-refractivity contribution in [3.63, 3.8) is 0 Å². The monoisotopic (exact) mass is 453 g/mol. The molecule has 1 aromatic rings. The highest BCUT2D eigenvalue weighted by Gasteiger charge is 2.38. The molecule has 0 spiro atoms. The first-order valence-corrected chi connectivity index (χ1v) is 11.2. The maximum atomic E-state index is 11.9. The van der Waals surface area contributed by atoms with Gasteiger partial charge in [0.15, 0.2) is 0 Å². The lowest BCUT2D eigenvalue weighted by Gasteiger charge is -2.22. The largest absolute Gasteiger partial charge is 0.490 e. The lowest BCUT2D eigenvalue weighted by Crippen LogP contribution is -2.32. The van der Waals surface area contributed by atoms with E-state index in [1.54, 1.807) is 4.31 Å². The number of anilines is 2. The van der Waals surface area contributed by atoms with Gasteiger partial charge in [-0.15, -0.1) is 0 Å². The highest BCUT2D eigenvalue weighted by atomic mass is 32.2. The van der Waals surface area contributed by atoms with E-state index in [0.717, 1.165) is 36.1 Å². The molecule has 9 nitrogen and oxygen atoms in total. The van der Waals surface area contributed by atoms with Gasteiger partial charge >= 0.3 is 12.1 Å². The van der Waals surface area contributed by atoms with E-state index in [1.807, 2.05) is 19.0 Å². The third kappa shape index (κ3) is 6.17. The molecule has 0 bridgehead atoms. The van der Waals surface area contributed by atoms with Gasteiger partial charge in [-0.2, -0.15) is 18.2 Å². The highest BCUT2D eigenvalue weighted by Crippen LogP contribution is 2.28. The Morgan fingerprint density at radius 3 is 2.07 bits per heavy atom. The van der Waals surface area contributed by atoms with Crippen molar-refractivity contribution in [2.75, 3.05) is 56.3 Å². The molecule has 3 rings (SSSR count). The average molecular weight is 453 g/mol. The van der Waals surface area contributed by atoms with Gasteiger partial charge in [-0.1, -0.05) is 0 Å². The molecule has 13 heteroatoms. The van der Waals surface area contributed by atoms with Crippen molar-refractivity contribution in [2.45, 2.75) is 31.9 Å². The number of fused-ring (bicyclic) bond motifs is 1. The molecule has 1 saturated heterocycles. The van der Waals surface area contributed by atoms with Gasteiger partial charge in [0.1, 0.15) is 5.82 Å². The Labute approximate surface area is 173 Å². The molecule has 0 amide bonds. The number of rotatable bonds is 3. The zero-order valence-corrected chi connectivity index (χ0v) is 17.9. The molecular weight excluding hydrogens is 427 g/mol. The second kappa shape index (κ2) is 9.33.